The lowest BCUT2D eigenvalue weighted by Gasteiger charge is -2.29. The second-order valence-electron chi connectivity index (χ2n) is 3.84. The van der Waals surface area contributed by atoms with Crippen molar-refractivity contribution in [3.05, 3.63) is 18.9 Å². The molecule has 0 amide bonds. The van der Waals surface area contributed by atoms with Crippen molar-refractivity contribution in [3.63, 3.8) is 0 Å². The number of piperidine rings is 1. The summed E-state index contributed by atoms with van der Waals surface area (Å²) in [6.45, 7) is 2.19. The molecule has 15 heavy (non-hydrogen) atoms. The van der Waals surface area contributed by atoms with Gasteiger partial charge in [-0.25, -0.2) is 19.6 Å². The summed E-state index contributed by atoms with van der Waals surface area (Å²) in [5, 5.41) is 2.30. The molecule has 0 aliphatic carbocycles. The molecular weight excluding hydrogens is 190 g/mol. The summed E-state index contributed by atoms with van der Waals surface area (Å²) in [5.41, 5.74) is 1.77. The first-order chi connectivity index (χ1) is 7.45. The number of aromatic nitrogens is 4. The van der Waals surface area contributed by atoms with E-state index in [1.54, 1.807) is 12.5 Å². The van der Waals surface area contributed by atoms with Crippen molar-refractivity contribution in [2.45, 2.75) is 19.3 Å². The van der Waals surface area contributed by atoms with Gasteiger partial charge in [0.15, 0.2) is 5.65 Å². The average molecular weight is 203 g/mol. The lowest BCUT2D eigenvalue weighted by atomic mass is 10.2. The largest absolute Gasteiger partial charge is 0.310 e. The highest BCUT2D eigenvalue weighted by molar-refractivity contribution is 5.69. The number of hydrogen-bond acceptors (Lipinski definition) is 4. The first-order valence-electron chi connectivity index (χ1n) is 5.33. The third kappa shape index (κ3) is 1.44. The molecule has 0 saturated carbocycles. The fraction of sp³-hybridized carbons (Fsp3) is 0.500. The quantitative estimate of drug-likeness (QED) is 0.692. The lowest BCUT2D eigenvalue weighted by molar-refractivity contribution is 0.484. The Labute approximate surface area is 87.7 Å². The van der Waals surface area contributed by atoms with Crippen LogP contribution < -0.4 is 5.01 Å². The monoisotopic (exact) mass is 203 g/mol. The number of hydrogen-bond donors (Lipinski definition) is 0. The SMILES string of the molecule is c1ncc2ncn(N3CCCCC3)c2n1. The van der Waals surface area contributed by atoms with Crippen LogP contribution in [0.5, 0.6) is 0 Å². The Morgan fingerprint density at radius 3 is 2.80 bits per heavy atom. The van der Waals surface area contributed by atoms with Gasteiger partial charge in [-0.15, -0.1) is 0 Å². The van der Waals surface area contributed by atoms with E-state index in [0.717, 1.165) is 24.3 Å². The average Bonchev–Trinajstić information content (AvgIpc) is 2.74. The van der Waals surface area contributed by atoms with Crippen molar-refractivity contribution in [2.75, 3.05) is 18.1 Å². The smallest absolute Gasteiger partial charge is 0.182 e. The Morgan fingerprint density at radius 2 is 1.93 bits per heavy atom. The fourth-order valence-electron chi connectivity index (χ4n) is 2.05. The van der Waals surface area contributed by atoms with Gasteiger partial charge in [-0.3, -0.25) is 0 Å². The minimum atomic E-state index is 0.864. The first-order valence-corrected chi connectivity index (χ1v) is 5.33. The lowest BCUT2D eigenvalue weighted by Crippen LogP contribution is -2.38. The second-order valence-corrected chi connectivity index (χ2v) is 3.84. The molecule has 2 aromatic heterocycles. The molecule has 1 aliphatic rings. The fourth-order valence-corrected chi connectivity index (χ4v) is 2.05. The van der Waals surface area contributed by atoms with Crippen LogP contribution >= 0.6 is 0 Å². The van der Waals surface area contributed by atoms with Gasteiger partial charge in [-0.05, 0) is 19.3 Å². The van der Waals surface area contributed by atoms with Crippen LogP contribution in [0.15, 0.2) is 18.9 Å². The molecule has 0 spiro atoms. The molecule has 0 bridgehead atoms. The molecule has 2 aromatic rings. The zero-order chi connectivity index (χ0) is 10.1. The van der Waals surface area contributed by atoms with Gasteiger partial charge >= 0.3 is 0 Å². The van der Waals surface area contributed by atoms with Gasteiger partial charge in [0.05, 0.1) is 6.20 Å². The Hall–Kier alpha value is -1.65. The second kappa shape index (κ2) is 3.49. The predicted octanol–water partition coefficient (Wildman–Crippen LogP) is 0.948. The molecule has 0 N–H and O–H groups in total. The summed E-state index contributed by atoms with van der Waals surface area (Å²) in [6, 6.07) is 0. The number of fused-ring (bicyclic) bond motifs is 1. The van der Waals surface area contributed by atoms with E-state index in [1.165, 1.54) is 19.3 Å². The highest BCUT2D eigenvalue weighted by Crippen LogP contribution is 2.12. The van der Waals surface area contributed by atoms with Gasteiger partial charge in [0, 0.05) is 13.1 Å². The molecule has 1 saturated heterocycles. The van der Waals surface area contributed by atoms with Crippen LogP contribution in [-0.4, -0.2) is 32.7 Å². The topological polar surface area (TPSA) is 46.8 Å². The van der Waals surface area contributed by atoms with Gasteiger partial charge in [0.1, 0.15) is 18.2 Å². The minimum Gasteiger partial charge on any atom is -0.310 e. The zero-order valence-electron chi connectivity index (χ0n) is 8.50. The van der Waals surface area contributed by atoms with E-state index >= 15 is 0 Å². The van der Waals surface area contributed by atoms with Gasteiger partial charge in [0.2, 0.25) is 0 Å². The molecule has 78 valence electrons. The first kappa shape index (κ1) is 8.64. The summed E-state index contributed by atoms with van der Waals surface area (Å²) in [6.07, 6.45) is 9.01. The van der Waals surface area contributed by atoms with Crippen molar-refractivity contribution in [1.82, 2.24) is 19.6 Å². The molecule has 0 aromatic carbocycles. The molecule has 1 aliphatic heterocycles. The van der Waals surface area contributed by atoms with Gasteiger partial charge in [-0.2, -0.15) is 0 Å². The maximum Gasteiger partial charge on any atom is 0.182 e. The maximum atomic E-state index is 4.29. The van der Waals surface area contributed by atoms with E-state index in [-0.39, 0.29) is 0 Å². The Balaban J connectivity index is 2.02. The Bertz CT molecular complexity index is 458. The summed E-state index contributed by atoms with van der Waals surface area (Å²) < 4.78 is 2.05. The maximum absolute atomic E-state index is 4.29. The van der Waals surface area contributed by atoms with E-state index in [9.17, 15) is 0 Å². The molecule has 5 nitrogen and oxygen atoms in total. The van der Waals surface area contributed by atoms with Gasteiger partial charge in [0.25, 0.3) is 0 Å². The van der Waals surface area contributed by atoms with E-state index < -0.39 is 0 Å². The molecule has 0 radical (unpaired) electrons. The van der Waals surface area contributed by atoms with E-state index in [1.807, 2.05) is 6.33 Å². The summed E-state index contributed by atoms with van der Waals surface area (Å²) >= 11 is 0. The van der Waals surface area contributed by atoms with Crippen molar-refractivity contribution in [3.8, 4) is 0 Å². The standard InChI is InChI=1S/C10H13N5/c1-2-4-14(5-3-1)15-8-13-9-6-11-7-12-10(9)15/h6-8H,1-5H2. The summed E-state index contributed by atoms with van der Waals surface area (Å²) in [4.78, 5) is 12.5. The van der Waals surface area contributed by atoms with Crippen LogP contribution in [0.3, 0.4) is 0 Å². The van der Waals surface area contributed by atoms with Gasteiger partial charge in [-0.1, -0.05) is 0 Å². The summed E-state index contributed by atoms with van der Waals surface area (Å²) in [7, 11) is 0. The van der Waals surface area contributed by atoms with Crippen LogP contribution in [0.2, 0.25) is 0 Å². The molecule has 5 heteroatoms. The van der Waals surface area contributed by atoms with Crippen LogP contribution in [-0.2, 0) is 0 Å². The van der Waals surface area contributed by atoms with E-state index in [2.05, 4.69) is 24.6 Å². The van der Waals surface area contributed by atoms with Crippen molar-refractivity contribution in [2.24, 2.45) is 0 Å². The number of rotatable bonds is 1. The molecular formula is C10H13N5. The zero-order valence-corrected chi connectivity index (χ0v) is 8.50. The molecule has 1 fully saturated rings. The number of nitrogens with zero attached hydrogens (tertiary/aromatic N) is 5. The van der Waals surface area contributed by atoms with Crippen molar-refractivity contribution < 1.29 is 0 Å². The van der Waals surface area contributed by atoms with Crippen molar-refractivity contribution >= 4 is 11.2 Å². The van der Waals surface area contributed by atoms with Crippen LogP contribution in [0, 0.1) is 0 Å². The molecule has 3 rings (SSSR count). The Morgan fingerprint density at radius 1 is 1.07 bits per heavy atom. The van der Waals surface area contributed by atoms with Crippen molar-refractivity contribution in [1.29, 1.82) is 0 Å². The van der Waals surface area contributed by atoms with E-state index in [4.69, 9.17) is 0 Å². The Kier molecular flexibility index (Phi) is 2.01. The van der Waals surface area contributed by atoms with E-state index in [0.29, 0.717) is 0 Å². The predicted molar refractivity (Wildman–Crippen MR) is 57.1 cm³/mol. The normalized spacial score (nSPS) is 17.2. The third-order valence-electron chi connectivity index (χ3n) is 2.83. The minimum absolute atomic E-state index is 0.864. The van der Waals surface area contributed by atoms with Crippen LogP contribution in [0.1, 0.15) is 19.3 Å². The number of imidazole rings is 1. The molecule has 0 atom stereocenters. The molecule has 0 unspecified atom stereocenters. The van der Waals surface area contributed by atoms with Gasteiger partial charge < -0.3 is 5.01 Å². The highest BCUT2D eigenvalue weighted by atomic mass is 15.6. The summed E-state index contributed by atoms with van der Waals surface area (Å²) in [5.74, 6) is 0. The van der Waals surface area contributed by atoms with Crippen LogP contribution in [0.25, 0.3) is 11.2 Å². The highest BCUT2D eigenvalue weighted by Gasteiger charge is 2.13. The third-order valence-corrected chi connectivity index (χ3v) is 2.83. The van der Waals surface area contributed by atoms with Crippen LogP contribution in [0.4, 0.5) is 0 Å². The molecule has 3 heterocycles.